The predicted octanol–water partition coefficient (Wildman–Crippen LogP) is 3.03. The van der Waals surface area contributed by atoms with Crippen LogP contribution in [0.4, 0.5) is 0 Å². The summed E-state index contributed by atoms with van der Waals surface area (Å²) in [5.41, 5.74) is 0. The number of nitrogens with zero attached hydrogens (tertiary/aromatic N) is 1. The van der Waals surface area contributed by atoms with Gasteiger partial charge in [0.2, 0.25) is 0 Å². The summed E-state index contributed by atoms with van der Waals surface area (Å²) in [7, 11) is 0. The Morgan fingerprint density at radius 3 is 2.59 bits per heavy atom. The van der Waals surface area contributed by atoms with Gasteiger partial charge in [-0.1, -0.05) is 39.5 Å². The van der Waals surface area contributed by atoms with E-state index in [2.05, 4.69) is 24.1 Å². The van der Waals surface area contributed by atoms with Gasteiger partial charge < -0.3 is 5.32 Å². The molecule has 2 rings (SSSR count). The summed E-state index contributed by atoms with van der Waals surface area (Å²) < 4.78 is 0. The van der Waals surface area contributed by atoms with E-state index in [0.717, 1.165) is 18.0 Å². The van der Waals surface area contributed by atoms with Gasteiger partial charge in [-0.25, -0.2) is 0 Å². The minimum atomic E-state index is 0.754. The number of rotatable bonds is 6. The average molecular weight is 238 g/mol. The topological polar surface area (TPSA) is 15.3 Å². The van der Waals surface area contributed by atoms with Gasteiger partial charge in [0.25, 0.3) is 0 Å². The highest BCUT2D eigenvalue weighted by Gasteiger charge is 2.27. The molecule has 1 saturated carbocycles. The molecule has 2 aliphatic rings. The second-order valence-electron chi connectivity index (χ2n) is 6.04. The van der Waals surface area contributed by atoms with Crippen molar-refractivity contribution in [3.05, 3.63) is 0 Å². The first-order valence-corrected chi connectivity index (χ1v) is 7.80. The number of hydrogen-bond donors (Lipinski definition) is 1. The van der Waals surface area contributed by atoms with E-state index in [9.17, 15) is 0 Å². The van der Waals surface area contributed by atoms with Crippen LogP contribution in [0.1, 0.15) is 58.8 Å². The summed E-state index contributed by atoms with van der Waals surface area (Å²) in [6.45, 7) is 8.49. The molecule has 2 fully saturated rings. The van der Waals surface area contributed by atoms with E-state index >= 15 is 0 Å². The highest BCUT2D eigenvalue weighted by molar-refractivity contribution is 4.86. The van der Waals surface area contributed by atoms with Gasteiger partial charge in [-0.2, -0.15) is 0 Å². The predicted molar refractivity (Wildman–Crippen MR) is 74.3 cm³/mol. The van der Waals surface area contributed by atoms with Crippen molar-refractivity contribution in [2.75, 3.05) is 19.6 Å². The molecule has 0 amide bonds. The summed E-state index contributed by atoms with van der Waals surface area (Å²) in [6.07, 6.45) is 9.90. The molecular formula is C15H30N2. The second kappa shape index (κ2) is 6.75. The van der Waals surface area contributed by atoms with Gasteiger partial charge in [0.05, 0.1) is 0 Å². The van der Waals surface area contributed by atoms with Crippen LogP contribution in [-0.2, 0) is 0 Å². The van der Waals surface area contributed by atoms with Crippen molar-refractivity contribution < 1.29 is 0 Å². The molecule has 2 heteroatoms. The Kier molecular flexibility index (Phi) is 5.30. The largest absolute Gasteiger partial charge is 0.311 e. The zero-order chi connectivity index (χ0) is 12.1. The summed E-state index contributed by atoms with van der Waals surface area (Å²) in [5, 5.41) is 3.72. The standard InChI is InChI=1S/C15H30N2/c1-3-6-14-12-17(15(4-2)11-16-14)10-9-13-7-5-8-13/h13-16H,3-12H2,1-2H3. The monoisotopic (exact) mass is 238 g/mol. The van der Waals surface area contributed by atoms with E-state index in [1.165, 1.54) is 64.6 Å². The average Bonchev–Trinajstić information content (AvgIpc) is 2.28. The van der Waals surface area contributed by atoms with E-state index in [1.807, 2.05) is 0 Å². The molecule has 1 saturated heterocycles. The van der Waals surface area contributed by atoms with Gasteiger partial charge in [-0.3, -0.25) is 4.90 Å². The van der Waals surface area contributed by atoms with E-state index in [1.54, 1.807) is 0 Å². The maximum absolute atomic E-state index is 3.72. The minimum Gasteiger partial charge on any atom is -0.311 e. The van der Waals surface area contributed by atoms with Crippen LogP contribution in [0.25, 0.3) is 0 Å². The summed E-state index contributed by atoms with van der Waals surface area (Å²) in [4.78, 5) is 2.77. The van der Waals surface area contributed by atoms with Crippen LogP contribution >= 0.6 is 0 Å². The Morgan fingerprint density at radius 2 is 2.00 bits per heavy atom. The first-order chi connectivity index (χ1) is 8.33. The van der Waals surface area contributed by atoms with Gasteiger partial charge in [-0.15, -0.1) is 0 Å². The minimum absolute atomic E-state index is 0.754. The smallest absolute Gasteiger partial charge is 0.0218 e. The van der Waals surface area contributed by atoms with Crippen molar-refractivity contribution in [1.82, 2.24) is 10.2 Å². The van der Waals surface area contributed by atoms with Crippen LogP contribution in [0.15, 0.2) is 0 Å². The molecule has 2 nitrogen and oxygen atoms in total. The lowest BCUT2D eigenvalue weighted by molar-refractivity contribution is 0.107. The SMILES string of the molecule is CCCC1CN(CCC2CCC2)C(CC)CN1. The molecular weight excluding hydrogens is 208 g/mol. The van der Waals surface area contributed by atoms with E-state index < -0.39 is 0 Å². The molecule has 0 aromatic carbocycles. The maximum Gasteiger partial charge on any atom is 0.0218 e. The lowest BCUT2D eigenvalue weighted by Gasteiger charge is -2.41. The van der Waals surface area contributed by atoms with E-state index in [0.29, 0.717) is 0 Å². The van der Waals surface area contributed by atoms with Gasteiger partial charge in [0.15, 0.2) is 0 Å². The molecule has 1 aliphatic heterocycles. The zero-order valence-corrected chi connectivity index (χ0v) is 11.8. The molecule has 0 bridgehead atoms. The van der Waals surface area contributed by atoms with Gasteiger partial charge in [-0.05, 0) is 31.7 Å². The van der Waals surface area contributed by atoms with Crippen LogP contribution in [0.5, 0.6) is 0 Å². The summed E-state index contributed by atoms with van der Waals surface area (Å²) >= 11 is 0. The molecule has 0 aromatic heterocycles. The van der Waals surface area contributed by atoms with Gasteiger partial charge >= 0.3 is 0 Å². The molecule has 0 aromatic rings. The lowest BCUT2D eigenvalue weighted by atomic mass is 9.82. The molecule has 17 heavy (non-hydrogen) atoms. The molecule has 0 radical (unpaired) electrons. The molecule has 100 valence electrons. The second-order valence-corrected chi connectivity index (χ2v) is 6.04. The first kappa shape index (κ1) is 13.4. The third-order valence-corrected chi connectivity index (χ3v) is 4.77. The van der Waals surface area contributed by atoms with Crippen molar-refractivity contribution in [2.24, 2.45) is 5.92 Å². The highest BCUT2D eigenvalue weighted by Crippen LogP contribution is 2.30. The third-order valence-electron chi connectivity index (χ3n) is 4.77. The lowest BCUT2D eigenvalue weighted by Crippen LogP contribution is -2.56. The van der Waals surface area contributed by atoms with Crippen molar-refractivity contribution in [1.29, 1.82) is 0 Å². The maximum atomic E-state index is 3.72. The highest BCUT2D eigenvalue weighted by atomic mass is 15.2. The summed E-state index contributed by atoms with van der Waals surface area (Å²) in [5.74, 6) is 1.06. The third kappa shape index (κ3) is 3.69. The van der Waals surface area contributed by atoms with Crippen molar-refractivity contribution in [3.63, 3.8) is 0 Å². The summed E-state index contributed by atoms with van der Waals surface area (Å²) in [6, 6.07) is 1.55. The fraction of sp³-hybridized carbons (Fsp3) is 1.00. The Hall–Kier alpha value is -0.0800. The zero-order valence-electron chi connectivity index (χ0n) is 11.8. The van der Waals surface area contributed by atoms with Gasteiger partial charge in [0.1, 0.15) is 0 Å². The Labute approximate surface area is 107 Å². The molecule has 2 unspecified atom stereocenters. The molecule has 1 heterocycles. The van der Waals surface area contributed by atoms with E-state index in [4.69, 9.17) is 0 Å². The van der Waals surface area contributed by atoms with Crippen molar-refractivity contribution >= 4 is 0 Å². The Morgan fingerprint density at radius 1 is 1.18 bits per heavy atom. The molecule has 1 N–H and O–H groups in total. The number of hydrogen-bond acceptors (Lipinski definition) is 2. The van der Waals surface area contributed by atoms with E-state index in [-0.39, 0.29) is 0 Å². The normalized spacial score (nSPS) is 31.4. The van der Waals surface area contributed by atoms with Crippen LogP contribution in [0, 0.1) is 5.92 Å². The van der Waals surface area contributed by atoms with Gasteiger partial charge in [0, 0.05) is 25.2 Å². The fourth-order valence-corrected chi connectivity index (χ4v) is 3.28. The van der Waals surface area contributed by atoms with Crippen LogP contribution in [-0.4, -0.2) is 36.6 Å². The van der Waals surface area contributed by atoms with Crippen LogP contribution < -0.4 is 5.32 Å². The molecule has 1 aliphatic carbocycles. The van der Waals surface area contributed by atoms with Crippen LogP contribution in [0.2, 0.25) is 0 Å². The Balaban J connectivity index is 1.76. The number of piperazine rings is 1. The van der Waals surface area contributed by atoms with Crippen molar-refractivity contribution in [2.45, 2.75) is 70.9 Å². The quantitative estimate of drug-likeness (QED) is 0.765. The molecule has 0 spiro atoms. The van der Waals surface area contributed by atoms with Crippen molar-refractivity contribution in [3.8, 4) is 0 Å². The first-order valence-electron chi connectivity index (χ1n) is 7.80. The number of nitrogens with one attached hydrogen (secondary N) is 1. The molecule has 2 atom stereocenters. The fourth-order valence-electron chi connectivity index (χ4n) is 3.28. The van der Waals surface area contributed by atoms with Crippen LogP contribution in [0.3, 0.4) is 0 Å². The Bertz CT molecular complexity index is 213.